The predicted octanol–water partition coefficient (Wildman–Crippen LogP) is 5.70. The highest BCUT2D eigenvalue weighted by molar-refractivity contribution is 9.11. The van der Waals surface area contributed by atoms with Gasteiger partial charge in [0.2, 0.25) is 0 Å². The summed E-state index contributed by atoms with van der Waals surface area (Å²) in [5.74, 6) is -0.00362. The number of carbonyl (C=O) groups excluding carboxylic acids is 1. The van der Waals surface area contributed by atoms with Gasteiger partial charge in [0.25, 0.3) is 5.91 Å². The summed E-state index contributed by atoms with van der Waals surface area (Å²) in [6, 6.07) is 9.75. The van der Waals surface area contributed by atoms with Crippen LogP contribution in [0.15, 0.2) is 92.9 Å². The summed E-state index contributed by atoms with van der Waals surface area (Å²) in [6.45, 7) is 8.24. The van der Waals surface area contributed by atoms with Crippen LogP contribution in [0.1, 0.15) is 25.8 Å². The molecule has 6 heteroatoms. The van der Waals surface area contributed by atoms with Crippen LogP contribution in [0.5, 0.6) is 0 Å². The summed E-state index contributed by atoms with van der Waals surface area (Å²) in [7, 11) is 0. The van der Waals surface area contributed by atoms with Crippen molar-refractivity contribution in [2.75, 3.05) is 13.1 Å². The van der Waals surface area contributed by atoms with E-state index in [9.17, 15) is 9.18 Å². The zero-order valence-electron chi connectivity index (χ0n) is 17.3. The van der Waals surface area contributed by atoms with Crippen LogP contribution in [0.4, 0.5) is 4.39 Å². The van der Waals surface area contributed by atoms with Gasteiger partial charge in [-0.3, -0.25) is 9.79 Å². The molecule has 0 aromatic heterocycles. The van der Waals surface area contributed by atoms with Gasteiger partial charge in [-0.05, 0) is 37.5 Å². The van der Waals surface area contributed by atoms with Gasteiger partial charge in [-0.15, -0.1) is 0 Å². The number of carbonyl (C=O) groups is 1. The lowest BCUT2D eigenvalue weighted by Crippen LogP contribution is -2.27. The van der Waals surface area contributed by atoms with Crippen LogP contribution < -0.4 is 5.32 Å². The first-order valence-electron chi connectivity index (χ1n) is 9.60. The van der Waals surface area contributed by atoms with Crippen LogP contribution in [0, 0.1) is 0 Å². The van der Waals surface area contributed by atoms with Gasteiger partial charge in [0.1, 0.15) is 18.2 Å². The van der Waals surface area contributed by atoms with Crippen molar-refractivity contribution in [3.8, 4) is 0 Å². The number of hydrogen-bond donors (Lipinski definition) is 1. The van der Waals surface area contributed by atoms with Gasteiger partial charge in [-0.2, -0.15) is 0 Å². The second-order valence-corrected chi connectivity index (χ2v) is 7.70. The predicted molar refractivity (Wildman–Crippen MR) is 124 cm³/mol. The lowest BCUT2D eigenvalue weighted by molar-refractivity contribution is -0.117. The zero-order valence-corrected chi connectivity index (χ0v) is 18.8. The maximum absolute atomic E-state index is 13.3. The number of benzene rings is 1. The van der Waals surface area contributed by atoms with Crippen LogP contribution in [0.25, 0.3) is 0 Å². The highest BCUT2D eigenvalue weighted by Gasteiger charge is 2.15. The molecule has 0 bridgehead atoms. The summed E-state index contributed by atoms with van der Waals surface area (Å²) >= 11 is 3.52. The molecule has 0 saturated heterocycles. The highest BCUT2D eigenvalue weighted by Crippen LogP contribution is 2.20. The standard InChI is InChI=1S/C24H26BrFN2O2/c1-4-21(26)11-10-17(2)12-20-13-27-15-23(18(3)24(29)28-14-22(20)25)30-16-19-8-6-5-7-9-19/h4-11,13H,2,12,14-16H2,1,3H3,(H,28,29)/b11-10-,21-4+,22-20+,23-18+,27-13?. The van der Waals surface area contributed by atoms with Gasteiger partial charge < -0.3 is 10.1 Å². The van der Waals surface area contributed by atoms with E-state index in [0.717, 1.165) is 21.2 Å². The Balaban J connectivity index is 2.15. The minimum Gasteiger partial charge on any atom is -0.491 e. The van der Waals surface area contributed by atoms with Gasteiger partial charge in [0, 0.05) is 17.2 Å². The summed E-state index contributed by atoms with van der Waals surface area (Å²) < 4.78 is 20.0. The zero-order chi connectivity index (χ0) is 21.9. The van der Waals surface area contributed by atoms with Crippen molar-refractivity contribution in [3.63, 3.8) is 0 Å². The first-order valence-corrected chi connectivity index (χ1v) is 10.4. The average Bonchev–Trinajstić information content (AvgIpc) is 2.76. The SMILES string of the molecule is C=C(/C=C\C(F)=C/C)C/C1=C(\Br)CNC(=O)/C(C)=C(/OCc2ccccc2)CN=C1. The maximum atomic E-state index is 13.3. The Morgan fingerprint density at radius 2 is 2.07 bits per heavy atom. The number of aliphatic imine (C=N–C) groups is 1. The second kappa shape index (κ2) is 12.1. The molecular formula is C24H26BrFN2O2. The molecule has 0 radical (unpaired) electrons. The average molecular weight is 473 g/mol. The number of nitrogens with one attached hydrogen (secondary N) is 1. The van der Waals surface area contributed by atoms with Gasteiger partial charge in [-0.1, -0.05) is 70.6 Å². The smallest absolute Gasteiger partial charge is 0.250 e. The Labute approximate surface area is 185 Å². The number of halogens is 2. The molecule has 1 amide bonds. The number of ether oxygens (including phenoxy) is 1. The fraction of sp³-hybridized carbons (Fsp3) is 0.250. The second-order valence-electron chi connectivity index (χ2n) is 6.75. The normalized spacial score (nSPS) is 20.9. The molecule has 0 aliphatic carbocycles. The van der Waals surface area contributed by atoms with Gasteiger partial charge in [0.05, 0.1) is 12.1 Å². The lowest BCUT2D eigenvalue weighted by Gasteiger charge is -2.15. The maximum Gasteiger partial charge on any atom is 0.250 e. The highest BCUT2D eigenvalue weighted by atomic mass is 79.9. The number of allylic oxidation sites excluding steroid dienone is 6. The molecule has 158 valence electrons. The van der Waals surface area contributed by atoms with E-state index < -0.39 is 0 Å². The van der Waals surface area contributed by atoms with E-state index in [0.29, 0.717) is 30.9 Å². The Morgan fingerprint density at radius 1 is 1.33 bits per heavy atom. The molecule has 1 aromatic carbocycles. The minimum absolute atomic E-state index is 0.208. The third-order valence-corrected chi connectivity index (χ3v) is 5.21. The Hall–Kier alpha value is -2.73. The topological polar surface area (TPSA) is 50.7 Å². The van der Waals surface area contributed by atoms with Crippen LogP contribution in [-0.2, 0) is 16.1 Å². The minimum atomic E-state index is -0.322. The Morgan fingerprint density at radius 3 is 2.77 bits per heavy atom. The molecular weight excluding hydrogens is 447 g/mol. The molecule has 0 fully saturated rings. The monoisotopic (exact) mass is 472 g/mol. The van der Waals surface area contributed by atoms with E-state index in [1.807, 2.05) is 30.3 Å². The van der Waals surface area contributed by atoms with E-state index in [2.05, 4.69) is 32.8 Å². The van der Waals surface area contributed by atoms with Crippen LogP contribution in [-0.4, -0.2) is 25.2 Å². The number of hydrogen-bond acceptors (Lipinski definition) is 3. The van der Waals surface area contributed by atoms with Gasteiger partial charge in [0.15, 0.2) is 0 Å². The van der Waals surface area contributed by atoms with E-state index in [1.165, 1.54) is 12.2 Å². The molecule has 30 heavy (non-hydrogen) atoms. The molecule has 2 rings (SSSR count). The number of nitrogens with zero attached hydrogens (tertiary/aromatic N) is 1. The molecule has 1 aliphatic heterocycles. The van der Waals surface area contributed by atoms with Gasteiger partial charge in [-0.25, -0.2) is 4.39 Å². The van der Waals surface area contributed by atoms with Crippen molar-refractivity contribution in [1.29, 1.82) is 0 Å². The molecule has 0 spiro atoms. The van der Waals surface area contributed by atoms with Crippen LogP contribution >= 0.6 is 15.9 Å². The van der Waals surface area contributed by atoms with Gasteiger partial charge >= 0.3 is 0 Å². The first kappa shape index (κ1) is 23.5. The Kier molecular flexibility index (Phi) is 9.48. The summed E-state index contributed by atoms with van der Waals surface area (Å²) in [5, 5.41) is 2.88. The van der Waals surface area contributed by atoms with E-state index >= 15 is 0 Å². The van der Waals surface area contributed by atoms with Crippen molar-refractivity contribution in [3.05, 3.63) is 93.5 Å². The van der Waals surface area contributed by atoms with Crippen molar-refractivity contribution in [2.45, 2.75) is 26.9 Å². The number of amides is 1. The third kappa shape index (κ3) is 7.59. The molecule has 0 saturated carbocycles. The van der Waals surface area contributed by atoms with Crippen molar-refractivity contribution < 1.29 is 13.9 Å². The van der Waals surface area contributed by atoms with Crippen molar-refractivity contribution in [1.82, 2.24) is 5.32 Å². The van der Waals surface area contributed by atoms with Crippen LogP contribution in [0.3, 0.4) is 0 Å². The molecule has 0 atom stereocenters. The first-order chi connectivity index (χ1) is 14.4. The molecule has 1 heterocycles. The quantitative estimate of drug-likeness (QED) is 0.517. The largest absolute Gasteiger partial charge is 0.491 e. The molecule has 1 N–H and O–H groups in total. The fourth-order valence-electron chi connectivity index (χ4n) is 2.60. The lowest BCUT2D eigenvalue weighted by atomic mass is 10.1. The molecule has 1 aliphatic rings. The summed E-state index contributed by atoms with van der Waals surface area (Å²) in [5.41, 5.74) is 3.09. The third-order valence-electron chi connectivity index (χ3n) is 4.42. The molecule has 0 unspecified atom stereocenters. The Bertz CT molecular complexity index is 928. The van der Waals surface area contributed by atoms with E-state index in [4.69, 9.17) is 4.74 Å². The fourth-order valence-corrected chi connectivity index (χ4v) is 2.98. The van der Waals surface area contributed by atoms with Crippen molar-refractivity contribution in [2.24, 2.45) is 4.99 Å². The van der Waals surface area contributed by atoms with Crippen molar-refractivity contribution >= 4 is 28.1 Å². The number of rotatable bonds is 7. The molecule has 4 nitrogen and oxygen atoms in total. The van der Waals surface area contributed by atoms with E-state index in [1.54, 1.807) is 26.1 Å². The van der Waals surface area contributed by atoms with E-state index in [-0.39, 0.29) is 18.3 Å². The summed E-state index contributed by atoms with van der Waals surface area (Å²) in [4.78, 5) is 17.0. The van der Waals surface area contributed by atoms with Crippen LogP contribution in [0.2, 0.25) is 0 Å². The molecule has 1 aromatic rings. The summed E-state index contributed by atoms with van der Waals surface area (Å²) in [6.07, 6.45) is 6.59.